The van der Waals surface area contributed by atoms with Gasteiger partial charge in [0.15, 0.2) is 0 Å². The van der Waals surface area contributed by atoms with Crippen molar-refractivity contribution in [2.75, 3.05) is 30.3 Å². The second kappa shape index (κ2) is 10.2. The van der Waals surface area contributed by atoms with E-state index < -0.39 is 0 Å². The Morgan fingerprint density at radius 1 is 1.03 bits per heavy atom. The first-order valence-electron chi connectivity index (χ1n) is 12.6. The van der Waals surface area contributed by atoms with Gasteiger partial charge in [0.25, 0.3) is 0 Å². The van der Waals surface area contributed by atoms with Crippen LogP contribution in [0.4, 0.5) is 5.82 Å². The molecule has 0 radical (unpaired) electrons. The number of likely N-dealkylation sites (tertiary alicyclic amines) is 1. The predicted octanol–water partition coefficient (Wildman–Crippen LogP) is 5.70. The molecule has 1 fully saturated rings. The van der Waals surface area contributed by atoms with Crippen LogP contribution >= 0.6 is 23.1 Å². The maximum Gasteiger partial charge on any atom is 0.242 e. The number of aryl methyl sites for hydroxylation is 1. The number of aromatic nitrogens is 2. The van der Waals surface area contributed by atoms with Crippen molar-refractivity contribution in [1.82, 2.24) is 14.7 Å². The number of amides is 2. The zero-order valence-corrected chi connectivity index (χ0v) is 22.3. The third-order valence-corrected chi connectivity index (χ3v) is 9.26. The Labute approximate surface area is 224 Å². The number of fused-ring (bicyclic) bond motifs is 1. The summed E-state index contributed by atoms with van der Waals surface area (Å²) in [7, 11) is 0. The summed E-state index contributed by atoms with van der Waals surface area (Å²) < 4.78 is 1.88. The van der Waals surface area contributed by atoms with E-state index in [2.05, 4.69) is 35.7 Å². The number of hydrogen-bond donors (Lipinski definition) is 0. The van der Waals surface area contributed by atoms with E-state index in [4.69, 9.17) is 5.10 Å². The molecule has 4 aromatic rings. The molecule has 2 aliphatic rings. The molecule has 0 unspecified atom stereocenters. The van der Waals surface area contributed by atoms with Crippen molar-refractivity contribution in [2.24, 2.45) is 0 Å². The smallest absolute Gasteiger partial charge is 0.242 e. The van der Waals surface area contributed by atoms with E-state index in [9.17, 15) is 9.59 Å². The van der Waals surface area contributed by atoms with E-state index in [0.29, 0.717) is 11.6 Å². The quantitative estimate of drug-likeness (QED) is 0.333. The maximum absolute atomic E-state index is 13.7. The summed E-state index contributed by atoms with van der Waals surface area (Å²) >= 11 is 3.30. The number of nitrogens with zero attached hydrogens (tertiary/aromatic N) is 4. The Balaban J connectivity index is 1.60. The molecule has 0 aliphatic carbocycles. The van der Waals surface area contributed by atoms with E-state index in [-0.39, 0.29) is 23.6 Å². The number of rotatable bonds is 5. The fourth-order valence-electron chi connectivity index (χ4n) is 5.14. The lowest BCUT2D eigenvalue weighted by molar-refractivity contribution is -0.130. The number of carbonyl (C=O) groups is 2. The van der Waals surface area contributed by atoms with Crippen molar-refractivity contribution in [3.63, 3.8) is 0 Å². The first kappa shape index (κ1) is 24.0. The van der Waals surface area contributed by atoms with Crippen LogP contribution in [0.25, 0.3) is 16.9 Å². The third kappa shape index (κ3) is 4.60. The van der Waals surface area contributed by atoms with Crippen LogP contribution in [-0.4, -0.2) is 51.9 Å². The van der Waals surface area contributed by atoms with Crippen LogP contribution in [0.1, 0.15) is 34.1 Å². The molecule has 2 aromatic carbocycles. The molecular formula is C29H28N4O2S2. The summed E-state index contributed by atoms with van der Waals surface area (Å²) in [5.74, 6) is 0.929. The van der Waals surface area contributed by atoms with Crippen molar-refractivity contribution in [3.8, 4) is 16.9 Å². The molecule has 188 valence electrons. The molecule has 0 bridgehead atoms. The summed E-state index contributed by atoms with van der Waals surface area (Å²) in [6.07, 6.45) is 2.03. The minimum atomic E-state index is -0.0698. The van der Waals surface area contributed by atoms with Crippen molar-refractivity contribution in [2.45, 2.75) is 25.0 Å². The van der Waals surface area contributed by atoms with Crippen molar-refractivity contribution < 1.29 is 9.59 Å². The summed E-state index contributed by atoms with van der Waals surface area (Å²) in [6.45, 7) is 3.59. The van der Waals surface area contributed by atoms with Gasteiger partial charge in [-0.05, 0) is 48.9 Å². The fraction of sp³-hybridized carbons (Fsp3) is 0.276. The summed E-state index contributed by atoms with van der Waals surface area (Å²) in [6, 6.07) is 22.5. The first-order chi connectivity index (χ1) is 18.1. The van der Waals surface area contributed by atoms with Crippen LogP contribution < -0.4 is 4.90 Å². The molecule has 6 rings (SSSR count). The minimum Gasteiger partial charge on any atom is -0.341 e. The average molecular weight is 529 g/mol. The van der Waals surface area contributed by atoms with Crippen molar-refractivity contribution in [1.29, 1.82) is 0 Å². The Morgan fingerprint density at radius 2 is 1.84 bits per heavy atom. The number of thiophene rings is 1. The zero-order chi connectivity index (χ0) is 25.4. The van der Waals surface area contributed by atoms with Crippen LogP contribution in [0.15, 0.2) is 72.1 Å². The third-order valence-electron chi connectivity index (χ3n) is 6.94. The predicted molar refractivity (Wildman–Crippen MR) is 151 cm³/mol. The fourth-order valence-corrected chi connectivity index (χ4v) is 7.31. The van der Waals surface area contributed by atoms with Crippen LogP contribution in [0.2, 0.25) is 0 Å². The first-order valence-corrected chi connectivity index (χ1v) is 14.5. The molecule has 0 spiro atoms. The molecule has 1 saturated heterocycles. The van der Waals surface area contributed by atoms with Gasteiger partial charge in [0, 0.05) is 29.1 Å². The molecule has 6 nitrogen and oxygen atoms in total. The lowest BCUT2D eigenvalue weighted by Gasteiger charge is -2.25. The molecule has 2 amide bonds. The summed E-state index contributed by atoms with van der Waals surface area (Å²) in [5, 5.41) is 7.16. The van der Waals surface area contributed by atoms with Gasteiger partial charge in [0.2, 0.25) is 11.8 Å². The van der Waals surface area contributed by atoms with Crippen molar-refractivity contribution >= 4 is 40.7 Å². The Hall–Kier alpha value is -3.36. The summed E-state index contributed by atoms with van der Waals surface area (Å²) in [4.78, 5) is 31.9. The topological polar surface area (TPSA) is 58.4 Å². The lowest BCUT2D eigenvalue weighted by atomic mass is 10.0. The molecule has 2 aromatic heterocycles. The van der Waals surface area contributed by atoms with Gasteiger partial charge >= 0.3 is 0 Å². The van der Waals surface area contributed by atoms with Crippen molar-refractivity contribution in [3.05, 3.63) is 88.1 Å². The molecule has 2 aliphatic heterocycles. The Kier molecular flexibility index (Phi) is 6.61. The highest BCUT2D eigenvalue weighted by atomic mass is 32.2. The van der Waals surface area contributed by atoms with Crippen LogP contribution in [0.3, 0.4) is 0 Å². The number of thioether (sulfide) groups is 1. The van der Waals surface area contributed by atoms with Crippen LogP contribution in [0, 0.1) is 6.92 Å². The van der Waals surface area contributed by atoms with E-state index in [1.165, 1.54) is 4.88 Å². The van der Waals surface area contributed by atoms with Gasteiger partial charge in [-0.1, -0.05) is 48.5 Å². The number of hydrogen-bond acceptors (Lipinski definition) is 5. The second-order valence-electron chi connectivity index (χ2n) is 9.48. The van der Waals surface area contributed by atoms with E-state index in [0.717, 1.165) is 54.0 Å². The molecule has 37 heavy (non-hydrogen) atoms. The highest BCUT2D eigenvalue weighted by molar-refractivity contribution is 8.00. The van der Waals surface area contributed by atoms with Gasteiger partial charge in [-0.15, -0.1) is 23.1 Å². The standard InChI is InChI=1S/C29H28N4O2S2/c1-20-9-7-12-22(17-20)33-29-26(27(30-33)21-10-3-2-4-11-21)28(23-13-8-16-36-23)37-19-25(35)32(29)18-24(34)31-14-5-6-15-31/h2-4,7-13,16-17,28H,5-6,14-15,18-19H2,1H3/t28-/m0/s1. The van der Waals surface area contributed by atoms with Gasteiger partial charge < -0.3 is 4.90 Å². The average Bonchev–Trinajstić information content (AvgIpc) is 3.69. The lowest BCUT2D eigenvalue weighted by Crippen LogP contribution is -2.43. The van der Waals surface area contributed by atoms with Gasteiger partial charge in [-0.3, -0.25) is 14.5 Å². The number of benzene rings is 2. The summed E-state index contributed by atoms with van der Waals surface area (Å²) in [5.41, 5.74) is 4.80. The monoisotopic (exact) mass is 528 g/mol. The molecule has 8 heteroatoms. The van der Waals surface area contributed by atoms with E-state index in [1.807, 2.05) is 52.9 Å². The molecule has 1 atom stereocenters. The normalized spacial score (nSPS) is 17.6. The molecule has 0 saturated carbocycles. The van der Waals surface area contributed by atoms with Gasteiger partial charge in [-0.2, -0.15) is 5.10 Å². The van der Waals surface area contributed by atoms with Gasteiger partial charge in [-0.25, -0.2) is 4.68 Å². The largest absolute Gasteiger partial charge is 0.341 e. The highest BCUT2D eigenvalue weighted by Crippen LogP contribution is 2.49. The highest BCUT2D eigenvalue weighted by Gasteiger charge is 2.38. The molecule has 0 N–H and O–H groups in total. The molecule has 4 heterocycles. The van der Waals surface area contributed by atoms with Gasteiger partial charge in [0.1, 0.15) is 12.4 Å². The van der Waals surface area contributed by atoms with E-state index in [1.54, 1.807) is 28.0 Å². The zero-order valence-electron chi connectivity index (χ0n) is 20.7. The Morgan fingerprint density at radius 3 is 2.57 bits per heavy atom. The Bertz CT molecular complexity index is 1430. The molecular weight excluding hydrogens is 500 g/mol. The number of carbonyl (C=O) groups excluding carboxylic acids is 2. The van der Waals surface area contributed by atoms with Gasteiger partial charge in [0.05, 0.1) is 22.4 Å². The number of anilines is 1. The maximum atomic E-state index is 13.7. The minimum absolute atomic E-state index is 0.00498. The SMILES string of the molecule is Cc1cccc(-n2nc(-c3ccccc3)c3c2N(CC(=O)N2CCCC2)C(=O)CS[C@H]3c2cccs2)c1. The second-order valence-corrected chi connectivity index (χ2v) is 11.5. The van der Waals surface area contributed by atoms with E-state index >= 15 is 0 Å². The van der Waals surface area contributed by atoms with Crippen LogP contribution in [-0.2, 0) is 9.59 Å². The van der Waals surface area contributed by atoms with Crippen LogP contribution in [0.5, 0.6) is 0 Å².